The highest BCUT2D eigenvalue weighted by Crippen LogP contribution is 2.39. The summed E-state index contributed by atoms with van der Waals surface area (Å²) >= 11 is 0. The summed E-state index contributed by atoms with van der Waals surface area (Å²) in [6.45, 7) is 8.29. The van der Waals surface area contributed by atoms with E-state index in [4.69, 9.17) is 0 Å². The molecule has 0 aliphatic carbocycles. The van der Waals surface area contributed by atoms with E-state index >= 15 is 0 Å². The van der Waals surface area contributed by atoms with E-state index in [0.29, 0.717) is 6.42 Å². The van der Waals surface area contributed by atoms with Crippen LogP contribution >= 0.6 is 0 Å². The second-order valence-electron chi connectivity index (χ2n) is 8.17. The second kappa shape index (κ2) is 6.96. The predicted molar refractivity (Wildman–Crippen MR) is 121 cm³/mol. The number of hydrogen-bond acceptors (Lipinski definition) is 3. The van der Waals surface area contributed by atoms with Crippen LogP contribution in [0.3, 0.4) is 0 Å². The van der Waals surface area contributed by atoms with Crippen LogP contribution in [0.4, 0.5) is 11.4 Å². The van der Waals surface area contributed by atoms with E-state index in [1.165, 1.54) is 0 Å². The summed E-state index contributed by atoms with van der Waals surface area (Å²) < 4.78 is 1.84. The lowest BCUT2D eigenvalue weighted by Crippen LogP contribution is -2.38. The van der Waals surface area contributed by atoms with Gasteiger partial charge in [0, 0.05) is 32.3 Å². The topological polar surface area (TPSA) is 28.5 Å². The Kier molecular flexibility index (Phi) is 4.58. The Morgan fingerprint density at radius 2 is 1.59 bits per heavy atom. The molecule has 4 rings (SSSR count). The quantitative estimate of drug-likeness (QED) is 0.658. The lowest BCUT2D eigenvalue weighted by molar-refractivity contribution is 0.420. The summed E-state index contributed by atoms with van der Waals surface area (Å²) in [6, 6.07) is 20.4. The number of aromatic nitrogens is 1. The fourth-order valence-electron chi connectivity index (χ4n) is 4.05. The molecule has 4 heteroatoms. The number of anilines is 2. The van der Waals surface area contributed by atoms with Crippen molar-refractivity contribution in [2.75, 3.05) is 23.9 Å². The largest absolute Gasteiger partial charge is 0.330 e. The fourth-order valence-corrected chi connectivity index (χ4v) is 4.05. The average Bonchev–Trinajstić information content (AvgIpc) is 2.94. The molecule has 0 bridgehead atoms. The van der Waals surface area contributed by atoms with E-state index < -0.39 is 5.54 Å². The Morgan fingerprint density at radius 1 is 0.897 bits per heavy atom. The lowest BCUT2D eigenvalue weighted by atomic mass is 9.93. The highest BCUT2D eigenvalue weighted by molar-refractivity contribution is 5.82. The summed E-state index contributed by atoms with van der Waals surface area (Å²) in [6.07, 6.45) is 2.48. The van der Waals surface area contributed by atoms with Gasteiger partial charge in [0.15, 0.2) is 0 Å². The molecular weight excluding hydrogens is 358 g/mol. The second-order valence-corrected chi connectivity index (χ2v) is 8.17. The van der Waals surface area contributed by atoms with Gasteiger partial charge in [-0.3, -0.25) is 4.79 Å². The first kappa shape index (κ1) is 19.1. The van der Waals surface area contributed by atoms with Gasteiger partial charge in [-0.2, -0.15) is 0 Å². The van der Waals surface area contributed by atoms with E-state index in [9.17, 15) is 4.79 Å². The molecule has 3 aromatic rings. The molecule has 29 heavy (non-hydrogen) atoms. The molecule has 0 spiro atoms. The van der Waals surface area contributed by atoms with E-state index in [1.54, 1.807) is 0 Å². The molecule has 2 aromatic carbocycles. The van der Waals surface area contributed by atoms with Crippen molar-refractivity contribution in [3.8, 4) is 0 Å². The van der Waals surface area contributed by atoms with Crippen molar-refractivity contribution in [1.29, 1.82) is 0 Å². The molecule has 148 valence electrons. The normalized spacial score (nSPS) is 13.7. The van der Waals surface area contributed by atoms with Gasteiger partial charge in [-0.1, -0.05) is 49.0 Å². The third-order valence-electron chi connectivity index (χ3n) is 6.04. The zero-order chi connectivity index (χ0) is 20.8. The molecule has 0 N–H and O–H groups in total. The van der Waals surface area contributed by atoms with E-state index in [-0.39, 0.29) is 5.56 Å². The molecule has 1 aromatic heterocycles. The molecule has 0 fully saturated rings. The molecule has 0 saturated heterocycles. The molecular formula is C25H27N3O. The first-order chi connectivity index (χ1) is 13.8. The summed E-state index contributed by atoms with van der Waals surface area (Å²) in [5.41, 5.74) is 4.91. The minimum atomic E-state index is -0.424. The summed E-state index contributed by atoms with van der Waals surface area (Å²) in [4.78, 5) is 17.5. The van der Waals surface area contributed by atoms with Gasteiger partial charge < -0.3 is 14.4 Å². The minimum Gasteiger partial charge on any atom is -0.330 e. The van der Waals surface area contributed by atoms with Crippen LogP contribution < -0.4 is 15.4 Å². The molecule has 0 radical (unpaired) electrons. The van der Waals surface area contributed by atoms with Crippen molar-refractivity contribution in [3.63, 3.8) is 0 Å². The van der Waals surface area contributed by atoms with Crippen molar-refractivity contribution >= 4 is 11.4 Å². The summed E-state index contributed by atoms with van der Waals surface area (Å²) in [5, 5.41) is 0. The molecule has 0 saturated carbocycles. The highest BCUT2D eigenvalue weighted by Gasteiger charge is 2.26. The lowest BCUT2D eigenvalue weighted by Gasteiger charge is -2.28. The molecule has 1 aliphatic heterocycles. The van der Waals surface area contributed by atoms with Gasteiger partial charge in [-0.25, -0.2) is 0 Å². The van der Waals surface area contributed by atoms with Crippen molar-refractivity contribution < 1.29 is 0 Å². The van der Waals surface area contributed by atoms with Crippen LogP contribution in [0, 0.1) is 0 Å². The van der Waals surface area contributed by atoms with Gasteiger partial charge in [-0.15, -0.1) is 0 Å². The SMILES string of the molecule is C=C1N(C)c2ccc(Cc3cccn(C(C)(C)c4ccccc4)c3=O)cc2N1C. The predicted octanol–water partition coefficient (Wildman–Crippen LogP) is 4.58. The smallest absolute Gasteiger partial charge is 0.254 e. The molecule has 1 aliphatic rings. The van der Waals surface area contributed by atoms with Crippen LogP contribution in [0.15, 0.2) is 84.1 Å². The Labute approximate surface area is 172 Å². The summed E-state index contributed by atoms with van der Waals surface area (Å²) in [5.74, 6) is 0.948. The van der Waals surface area contributed by atoms with E-state index in [2.05, 4.69) is 60.6 Å². The van der Waals surface area contributed by atoms with Crippen molar-refractivity contribution in [2.24, 2.45) is 0 Å². The van der Waals surface area contributed by atoms with E-state index in [0.717, 1.165) is 33.9 Å². The molecule has 0 unspecified atom stereocenters. The van der Waals surface area contributed by atoms with Crippen molar-refractivity contribution in [3.05, 3.63) is 106 Å². The first-order valence-corrected chi connectivity index (χ1v) is 9.86. The number of rotatable bonds is 4. The van der Waals surface area contributed by atoms with Crippen LogP contribution in [0.5, 0.6) is 0 Å². The third-order valence-corrected chi connectivity index (χ3v) is 6.04. The molecule has 0 atom stereocenters. The van der Waals surface area contributed by atoms with E-state index in [1.807, 2.05) is 55.2 Å². The van der Waals surface area contributed by atoms with Crippen LogP contribution in [0.2, 0.25) is 0 Å². The van der Waals surface area contributed by atoms with Gasteiger partial charge in [0.05, 0.1) is 16.9 Å². The Hall–Kier alpha value is -3.27. The molecule has 4 nitrogen and oxygen atoms in total. The zero-order valence-electron chi connectivity index (χ0n) is 17.5. The number of hydrogen-bond donors (Lipinski definition) is 0. The van der Waals surface area contributed by atoms with Crippen LogP contribution in [-0.2, 0) is 12.0 Å². The number of fused-ring (bicyclic) bond motifs is 1. The molecule has 0 amide bonds. The standard InChI is InChI=1S/C25H27N3O/c1-18-26(4)22-14-13-19(17-23(22)27(18)5)16-20-10-9-15-28(24(20)29)25(2,3)21-11-7-6-8-12-21/h6-15,17H,1,16H2,2-5H3. The monoisotopic (exact) mass is 385 g/mol. The maximum absolute atomic E-state index is 13.3. The first-order valence-electron chi connectivity index (χ1n) is 9.86. The van der Waals surface area contributed by atoms with Crippen molar-refractivity contribution in [2.45, 2.75) is 25.8 Å². The zero-order valence-corrected chi connectivity index (χ0v) is 17.5. The van der Waals surface area contributed by atoms with Crippen LogP contribution in [0.1, 0.15) is 30.5 Å². The van der Waals surface area contributed by atoms with Gasteiger partial charge in [0.2, 0.25) is 0 Å². The number of benzene rings is 2. The Bertz CT molecular complexity index is 1130. The maximum atomic E-state index is 13.3. The number of nitrogens with zero attached hydrogens (tertiary/aromatic N) is 3. The minimum absolute atomic E-state index is 0.0525. The van der Waals surface area contributed by atoms with Crippen LogP contribution in [-0.4, -0.2) is 18.7 Å². The Balaban J connectivity index is 1.70. The summed E-state index contributed by atoms with van der Waals surface area (Å²) in [7, 11) is 4.04. The third kappa shape index (κ3) is 3.15. The Morgan fingerprint density at radius 3 is 2.31 bits per heavy atom. The van der Waals surface area contributed by atoms with Gasteiger partial charge >= 0.3 is 0 Å². The van der Waals surface area contributed by atoms with Gasteiger partial charge in [0.25, 0.3) is 5.56 Å². The highest BCUT2D eigenvalue weighted by atomic mass is 16.1. The fraction of sp³-hybridized carbons (Fsp3) is 0.240. The van der Waals surface area contributed by atoms with Gasteiger partial charge in [0.1, 0.15) is 5.82 Å². The van der Waals surface area contributed by atoms with Crippen LogP contribution in [0.25, 0.3) is 0 Å². The number of pyridine rings is 1. The maximum Gasteiger partial charge on any atom is 0.254 e. The molecule has 2 heterocycles. The average molecular weight is 386 g/mol. The van der Waals surface area contributed by atoms with Gasteiger partial charge in [-0.05, 0) is 43.2 Å². The van der Waals surface area contributed by atoms with Crippen molar-refractivity contribution in [1.82, 2.24) is 4.57 Å².